The Hall–Kier alpha value is -2.77. The minimum atomic E-state index is -1.52. The van der Waals surface area contributed by atoms with Gasteiger partial charge in [-0.1, -0.05) is 0 Å². The van der Waals surface area contributed by atoms with Crippen molar-refractivity contribution in [2.75, 3.05) is 13.2 Å². The summed E-state index contributed by atoms with van der Waals surface area (Å²) in [5, 5.41) is 35.3. The normalized spacial score (nSPS) is 15.9. The molecule has 9 N–H and O–H groups in total. The third-order valence-corrected chi connectivity index (χ3v) is 3.59. The molecule has 13 heteroatoms. The first-order chi connectivity index (χ1) is 12.9. The molecule has 0 aliphatic carbocycles. The number of aliphatic hydroxyl groups excluding tert-OH is 2. The summed E-state index contributed by atoms with van der Waals surface area (Å²) in [6.45, 7) is 2.55. The van der Waals surface area contributed by atoms with Crippen LogP contribution >= 0.6 is 0 Å². The van der Waals surface area contributed by atoms with Crippen molar-refractivity contribution in [2.24, 2.45) is 5.73 Å². The lowest BCUT2D eigenvalue weighted by Gasteiger charge is -2.21. The van der Waals surface area contributed by atoms with Crippen LogP contribution in [-0.2, 0) is 24.0 Å². The lowest BCUT2D eigenvalue weighted by atomic mass is 10.2. The molecule has 0 aromatic heterocycles. The summed E-state index contributed by atoms with van der Waals surface area (Å²) >= 11 is 0. The molecule has 0 bridgehead atoms. The van der Waals surface area contributed by atoms with Gasteiger partial charge >= 0.3 is 5.97 Å². The fourth-order valence-corrected chi connectivity index (χ4v) is 1.76. The molecule has 0 fully saturated rings. The van der Waals surface area contributed by atoms with E-state index in [0.717, 1.165) is 0 Å². The second-order valence-corrected chi connectivity index (χ2v) is 6.06. The predicted molar refractivity (Wildman–Crippen MR) is 94.5 cm³/mol. The fourth-order valence-electron chi connectivity index (χ4n) is 1.76. The number of hydrogen-bond acceptors (Lipinski definition) is 8. The number of hydrogen-bond donors (Lipinski definition) is 8. The summed E-state index contributed by atoms with van der Waals surface area (Å²) in [5.41, 5.74) is 5.31. The molecule has 0 aliphatic heterocycles. The summed E-state index contributed by atoms with van der Waals surface area (Å²) in [6.07, 6.45) is 0. The predicted octanol–water partition coefficient (Wildman–Crippen LogP) is -4.62. The maximum Gasteiger partial charge on any atom is 0.328 e. The van der Waals surface area contributed by atoms with E-state index in [0.29, 0.717) is 0 Å². The van der Waals surface area contributed by atoms with Crippen LogP contribution in [0, 0.1) is 0 Å². The molecule has 0 rings (SSSR count). The van der Waals surface area contributed by atoms with Gasteiger partial charge in [-0.3, -0.25) is 19.2 Å². The minimum absolute atomic E-state index is 0.599. The van der Waals surface area contributed by atoms with Gasteiger partial charge < -0.3 is 42.3 Å². The maximum absolute atomic E-state index is 12.1. The first kappa shape index (κ1) is 25.2. The van der Waals surface area contributed by atoms with Crippen LogP contribution in [0.2, 0.25) is 0 Å². The standard InChI is InChI=1S/C15H27N5O8/c1-6(17-12(24)7(2)19-14(26)9(16)4-21)11(23)18-8(3)13(25)20-10(5-22)15(27)28/h6-10,21-22H,4-5,16H2,1-3H3,(H,17,24)(H,18,23)(H,19,26)(H,20,25)(H,27,28)/t6-,7-,8-,9-,10-/m0/s1. The molecule has 28 heavy (non-hydrogen) atoms. The Balaban J connectivity index is 4.61. The third-order valence-electron chi connectivity index (χ3n) is 3.59. The molecule has 0 saturated heterocycles. The van der Waals surface area contributed by atoms with Crippen LogP contribution in [0.15, 0.2) is 0 Å². The number of nitrogens with two attached hydrogens (primary N) is 1. The minimum Gasteiger partial charge on any atom is -0.480 e. The molecule has 0 aromatic carbocycles. The number of aliphatic hydroxyl groups is 2. The van der Waals surface area contributed by atoms with E-state index in [1.807, 2.05) is 5.32 Å². The molecule has 13 nitrogen and oxygen atoms in total. The molecule has 160 valence electrons. The van der Waals surface area contributed by atoms with E-state index in [-0.39, 0.29) is 0 Å². The highest BCUT2D eigenvalue weighted by molar-refractivity contribution is 5.94. The zero-order chi connectivity index (χ0) is 22.0. The maximum atomic E-state index is 12.1. The van der Waals surface area contributed by atoms with Crippen LogP contribution in [0.5, 0.6) is 0 Å². The molecule has 0 aromatic rings. The number of carboxylic acids is 1. The van der Waals surface area contributed by atoms with Crippen molar-refractivity contribution in [3.8, 4) is 0 Å². The molecular formula is C15H27N5O8. The van der Waals surface area contributed by atoms with Crippen LogP contribution in [0.4, 0.5) is 0 Å². The molecule has 0 radical (unpaired) electrons. The molecule has 0 heterocycles. The van der Waals surface area contributed by atoms with Crippen molar-refractivity contribution < 1.29 is 39.3 Å². The fraction of sp³-hybridized carbons (Fsp3) is 0.667. The average molecular weight is 405 g/mol. The smallest absolute Gasteiger partial charge is 0.328 e. The molecule has 0 unspecified atom stereocenters. The summed E-state index contributed by atoms with van der Waals surface area (Å²) in [4.78, 5) is 58.2. The number of carboxylic acid groups (broad SMARTS) is 1. The Labute approximate surface area is 161 Å². The van der Waals surface area contributed by atoms with Crippen molar-refractivity contribution in [3.05, 3.63) is 0 Å². The number of nitrogens with one attached hydrogen (secondary N) is 4. The second kappa shape index (κ2) is 11.8. The highest BCUT2D eigenvalue weighted by Gasteiger charge is 2.26. The zero-order valence-electron chi connectivity index (χ0n) is 15.8. The number of carbonyl (C=O) groups excluding carboxylic acids is 4. The van der Waals surface area contributed by atoms with Gasteiger partial charge in [-0.15, -0.1) is 0 Å². The van der Waals surface area contributed by atoms with Crippen molar-refractivity contribution in [1.82, 2.24) is 21.3 Å². The Morgan fingerprint density at radius 1 is 0.714 bits per heavy atom. The lowest BCUT2D eigenvalue weighted by molar-refractivity contribution is -0.143. The molecule has 0 spiro atoms. The topological polar surface area (TPSA) is 220 Å². The van der Waals surface area contributed by atoms with E-state index in [1.54, 1.807) is 0 Å². The van der Waals surface area contributed by atoms with Crippen molar-refractivity contribution >= 4 is 29.6 Å². The quantitative estimate of drug-likeness (QED) is 0.165. The van der Waals surface area contributed by atoms with Crippen LogP contribution in [0.1, 0.15) is 20.8 Å². The van der Waals surface area contributed by atoms with Crippen molar-refractivity contribution in [1.29, 1.82) is 0 Å². The first-order valence-electron chi connectivity index (χ1n) is 8.36. The number of aliphatic carboxylic acids is 1. The van der Waals surface area contributed by atoms with Gasteiger partial charge in [0.05, 0.1) is 13.2 Å². The molecule has 4 amide bonds. The van der Waals surface area contributed by atoms with Gasteiger partial charge in [0.25, 0.3) is 0 Å². The van der Waals surface area contributed by atoms with Crippen LogP contribution < -0.4 is 27.0 Å². The van der Waals surface area contributed by atoms with Gasteiger partial charge in [-0.05, 0) is 20.8 Å². The van der Waals surface area contributed by atoms with E-state index in [2.05, 4.69) is 16.0 Å². The van der Waals surface area contributed by atoms with E-state index in [4.69, 9.17) is 21.1 Å². The highest BCUT2D eigenvalue weighted by Crippen LogP contribution is 1.92. The second-order valence-electron chi connectivity index (χ2n) is 6.06. The van der Waals surface area contributed by atoms with Crippen molar-refractivity contribution in [3.63, 3.8) is 0 Å². The largest absolute Gasteiger partial charge is 0.480 e. The zero-order valence-corrected chi connectivity index (χ0v) is 15.8. The van der Waals surface area contributed by atoms with E-state index in [9.17, 15) is 24.0 Å². The highest BCUT2D eigenvalue weighted by atomic mass is 16.4. The summed E-state index contributed by atoms with van der Waals surface area (Å²) < 4.78 is 0. The molecular weight excluding hydrogens is 378 g/mol. The summed E-state index contributed by atoms with van der Waals surface area (Å²) in [6, 6.07) is -5.97. The van der Waals surface area contributed by atoms with Gasteiger partial charge in [-0.25, -0.2) is 4.79 Å². The van der Waals surface area contributed by atoms with E-state index >= 15 is 0 Å². The Bertz CT molecular complexity index is 599. The summed E-state index contributed by atoms with van der Waals surface area (Å²) in [7, 11) is 0. The summed E-state index contributed by atoms with van der Waals surface area (Å²) in [5.74, 6) is -4.47. The van der Waals surface area contributed by atoms with Crippen LogP contribution in [0.25, 0.3) is 0 Å². The lowest BCUT2D eigenvalue weighted by Crippen LogP contribution is -2.57. The van der Waals surface area contributed by atoms with E-state index < -0.39 is 73.0 Å². The Morgan fingerprint density at radius 2 is 1.07 bits per heavy atom. The molecule has 5 atom stereocenters. The van der Waals surface area contributed by atoms with Crippen LogP contribution in [-0.4, -0.2) is 88.3 Å². The van der Waals surface area contributed by atoms with Crippen LogP contribution in [0.3, 0.4) is 0 Å². The van der Waals surface area contributed by atoms with Gasteiger partial charge in [-0.2, -0.15) is 0 Å². The monoisotopic (exact) mass is 405 g/mol. The van der Waals surface area contributed by atoms with Gasteiger partial charge in [0.1, 0.15) is 30.2 Å². The Morgan fingerprint density at radius 3 is 1.39 bits per heavy atom. The van der Waals surface area contributed by atoms with E-state index in [1.165, 1.54) is 20.8 Å². The molecule has 0 aliphatic rings. The number of carbonyl (C=O) groups is 5. The number of amides is 4. The average Bonchev–Trinajstić information content (AvgIpc) is 2.64. The third kappa shape index (κ3) is 8.28. The van der Waals surface area contributed by atoms with Gasteiger partial charge in [0.15, 0.2) is 0 Å². The van der Waals surface area contributed by atoms with Crippen molar-refractivity contribution in [2.45, 2.75) is 51.0 Å². The SMILES string of the molecule is C[C@H](NC(=O)[C@H](C)NC(=O)[C@@H](N)CO)C(=O)N[C@@H](C)C(=O)N[C@@H](CO)C(=O)O. The van der Waals surface area contributed by atoms with Gasteiger partial charge in [0, 0.05) is 0 Å². The first-order valence-corrected chi connectivity index (χ1v) is 8.36. The Kier molecular flexibility index (Phi) is 10.7. The molecule has 0 saturated carbocycles. The van der Waals surface area contributed by atoms with Gasteiger partial charge in [0.2, 0.25) is 23.6 Å². The number of rotatable bonds is 11.